The fraction of sp³-hybridized carbons (Fsp3) is 0.462. The zero-order chi connectivity index (χ0) is 26.2. The number of rotatable bonds is 5. The Labute approximate surface area is 219 Å². The molecular weight excluding hydrogens is 502 g/mol. The lowest BCUT2D eigenvalue weighted by Crippen LogP contribution is -2.43. The van der Waals surface area contributed by atoms with Crippen molar-refractivity contribution in [2.75, 3.05) is 18.9 Å². The van der Waals surface area contributed by atoms with Gasteiger partial charge in [-0.25, -0.2) is 4.79 Å². The summed E-state index contributed by atoms with van der Waals surface area (Å²) in [7, 11) is 1.75. The van der Waals surface area contributed by atoms with Gasteiger partial charge in [-0.3, -0.25) is 19.3 Å². The molecule has 0 unspecified atom stereocenters. The van der Waals surface area contributed by atoms with Crippen molar-refractivity contribution in [1.29, 1.82) is 0 Å². The number of thiophene rings is 1. The highest BCUT2D eigenvalue weighted by Gasteiger charge is 2.40. The van der Waals surface area contributed by atoms with Crippen molar-refractivity contribution in [2.24, 2.45) is 5.92 Å². The van der Waals surface area contributed by atoms with Crippen LogP contribution in [0, 0.1) is 5.92 Å². The van der Waals surface area contributed by atoms with E-state index >= 15 is 0 Å². The molecule has 0 bridgehead atoms. The van der Waals surface area contributed by atoms with Crippen LogP contribution >= 0.6 is 22.9 Å². The summed E-state index contributed by atoms with van der Waals surface area (Å²) in [4.78, 5) is 54.7. The molecule has 0 radical (unpaired) electrons. The molecule has 192 valence electrons. The fourth-order valence-corrected chi connectivity index (χ4v) is 5.62. The second-order valence-electron chi connectivity index (χ2n) is 10.3. The van der Waals surface area contributed by atoms with Gasteiger partial charge in [-0.1, -0.05) is 17.7 Å². The van der Waals surface area contributed by atoms with E-state index in [0.717, 1.165) is 37.0 Å². The van der Waals surface area contributed by atoms with Crippen molar-refractivity contribution in [1.82, 2.24) is 9.80 Å². The molecule has 0 spiro atoms. The molecule has 0 atom stereocenters. The zero-order valence-corrected chi connectivity index (χ0v) is 22.4. The van der Waals surface area contributed by atoms with Gasteiger partial charge >= 0.3 is 6.09 Å². The molecular formula is C26H30ClN3O5S. The van der Waals surface area contributed by atoms with Crippen LogP contribution in [0.2, 0.25) is 4.34 Å². The largest absolute Gasteiger partial charge is 0.444 e. The van der Waals surface area contributed by atoms with Gasteiger partial charge in [0.15, 0.2) is 0 Å². The number of amides is 4. The monoisotopic (exact) mass is 531 g/mol. The van der Waals surface area contributed by atoms with Crippen LogP contribution in [0.1, 0.15) is 76.8 Å². The number of benzene rings is 1. The third-order valence-corrected chi connectivity index (χ3v) is 7.76. The number of carbonyl (C=O) groups excluding carboxylic acids is 4. The topological polar surface area (TPSA) is 96.0 Å². The van der Waals surface area contributed by atoms with E-state index in [0.29, 0.717) is 27.0 Å². The van der Waals surface area contributed by atoms with Crippen LogP contribution in [0.3, 0.4) is 0 Å². The van der Waals surface area contributed by atoms with Gasteiger partial charge in [-0.05, 0) is 76.6 Å². The van der Waals surface area contributed by atoms with Crippen LogP contribution in [-0.2, 0) is 4.74 Å². The predicted molar refractivity (Wildman–Crippen MR) is 139 cm³/mol. The van der Waals surface area contributed by atoms with Gasteiger partial charge in [0.05, 0.1) is 26.0 Å². The van der Waals surface area contributed by atoms with E-state index in [2.05, 4.69) is 5.32 Å². The summed E-state index contributed by atoms with van der Waals surface area (Å²) >= 11 is 7.07. The summed E-state index contributed by atoms with van der Waals surface area (Å²) in [6.07, 6.45) is 2.77. The minimum absolute atomic E-state index is 0.0610. The standard InChI is InChI=1S/C26H30ClN3O5S/c1-26(2,3)35-25(34)29(4)16-10-8-15(9-11-16)14-30-23(32)17-6-5-7-18(21(17)24(30)33)28-22(31)19-12-13-20(27)36-19/h5-7,12-13,15-16H,8-11,14H2,1-4H3,(H,28,31). The highest BCUT2D eigenvalue weighted by molar-refractivity contribution is 7.18. The molecule has 1 aliphatic heterocycles. The van der Waals surface area contributed by atoms with Crippen LogP contribution in [0.5, 0.6) is 0 Å². The fourth-order valence-electron chi connectivity index (χ4n) is 4.68. The highest BCUT2D eigenvalue weighted by Crippen LogP contribution is 2.34. The molecule has 1 aromatic heterocycles. The number of ether oxygens (including phenoxy) is 1. The molecule has 1 saturated carbocycles. The molecule has 8 nitrogen and oxygen atoms in total. The molecule has 2 heterocycles. The van der Waals surface area contributed by atoms with Crippen molar-refractivity contribution >= 4 is 52.4 Å². The molecule has 1 fully saturated rings. The van der Waals surface area contributed by atoms with Crippen LogP contribution in [0.25, 0.3) is 0 Å². The number of anilines is 1. The second kappa shape index (κ2) is 10.2. The van der Waals surface area contributed by atoms with E-state index in [9.17, 15) is 19.2 Å². The van der Waals surface area contributed by atoms with E-state index in [1.54, 1.807) is 42.3 Å². The Morgan fingerprint density at radius 1 is 1.11 bits per heavy atom. The maximum Gasteiger partial charge on any atom is 0.410 e. The quantitative estimate of drug-likeness (QED) is 0.501. The number of hydrogen-bond donors (Lipinski definition) is 1. The Morgan fingerprint density at radius 2 is 1.81 bits per heavy atom. The van der Waals surface area contributed by atoms with Crippen LogP contribution < -0.4 is 5.32 Å². The maximum absolute atomic E-state index is 13.3. The Morgan fingerprint density at radius 3 is 2.42 bits per heavy atom. The van der Waals surface area contributed by atoms with Gasteiger partial charge in [0.25, 0.3) is 17.7 Å². The lowest BCUT2D eigenvalue weighted by Gasteiger charge is -2.36. The number of fused-ring (bicyclic) bond motifs is 1. The van der Waals surface area contributed by atoms with Crippen molar-refractivity contribution in [2.45, 2.75) is 58.1 Å². The lowest BCUT2D eigenvalue weighted by atomic mass is 9.85. The smallest absolute Gasteiger partial charge is 0.410 e. The molecule has 10 heteroatoms. The van der Waals surface area contributed by atoms with Gasteiger partial charge in [-0.2, -0.15) is 0 Å². The summed E-state index contributed by atoms with van der Waals surface area (Å²) in [5.74, 6) is -0.991. The SMILES string of the molecule is CN(C(=O)OC(C)(C)C)C1CCC(CN2C(=O)c3cccc(NC(=O)c4ccc(Cl)s4)c3C2=O)CC1. The van der Waals surface area contributed by atoms with Gasteiger partial charge < -0.3 is 15.0 Å². The van der Waals surface area contributed by atoms with Crippen molar-refractivity contribution in [3.63, 3.8) is 0 Å². The summed E-state index contributed by atoms with van der Waals surface area (Å²) in [5, 5.41) is 2.76. The number of imide groups is 1. The van der Waals surface area contributed by atoms with Gasteiger partial charge in [0, 0.05) is 19.6 Å². The van der Waals surface area contributed by atoms with Crippen LogP contribution in [0.4, 0.5) is 10.5 Å². The van der Waals surface area contributed by atoms with Crippen LogP contribution in [0.15, 0.2) is 30.3 Å². The first-order chi connectivity index (χ1) is 16.9. The zero-order valence-electron chi connectivity index (χ0n) is 20.8. The number of nitrogens with zero attached hydrogens (tertiary/aromatic N) is 2. The minimum atomic E-state index is -0.552. The van der Waals surface area contributed by atoms with Gasteiger partial charge in [0.1, 0.15) is 5.60 Å². The average molecular weight is 532 g/mol. The molecule has 1 N–H and O–H groups in total. The number of hydrogen-bond acceptors (Lipinski definition) is 6. The molecule has 1 aromatic carbocycles. The first kappa shape index (κ1) is 26.2. The van der Waals surface area contributed by atoms with Crippen molar-refractivity contribution < 1.29 is 23.9 Å². The van der Waals surface area contributed by atoms with Crippen LogP contribution in [-0.4, -0.2) is 58.8 Å². The lowest BCUT2D eigenvalue weighted by molar-refractivity contribution is 0.0168. The Balaban J connectivity index is 1.39. The Hall–Kier alpha value is -2.91. The second-order valence-corrected chi connectivity index (χ2v) is 12.0. The Kier molecular flexibility index (Phi) is 7.43. The summed E-state index contributed by atoms with van der Waals surface area (Å²) in [6, 6.07) is 8.19. The first-order valence-electron chi connectivity index (χ1n) is 12.0. The molecule has 2 aromatic rings. The summed E-state index contributed by atoms with van der Waals surface area (Å²) < 4.78 is 5.96. The number of carbonyl (C=O) groups is 4. The van der Waals surface area contributed by atoms with E-state index < -0.39 is 11.5 Å². The van der Waals surface area contributed by atoms with Gasteiger partial charge in [0.2, 0.25) is 0 Å². The number of halogens is 1. The molecule has 0 saturated heterocycles. The predicted octanol–water partition coefficient (Wildman–Crippen LogP) is 5.68. The van der Waals surface area contributed by atoms with Gasteiger partial charge in [-0.15, -0.1) is 11.3 Å². The third kappa shape index (κ3) is 5.57. The van der Waals surface area contributed by atoms with E-state index in [1.807, 2.05) is 20.8 Å². The Bertz CT molecular complexity index is 1200. The first-order valence-corrected chi connectivity index (χ1v) is 13.2. The molecule has 4 rings (SSSR count). The van der Waals surface area contributed by atoms with Crippen molar-refractivity contribution in [3.05, 3.63) is 50.7 Å². The highest BCUT2D eigenvalue weighted by atomic mass is 35.5. The average Bonchev–Trinajstić information content (AvgIpc) is 3.36. The normalized spacial score (nSPS) is 19.8. The summed E-state index contributed by atoms with van der Waals surface area (Å²) in [6.45, 7) is 5.83. The maximum atomic E-state index is 13.3. The summed E-state index contributed by atoms with van der Waals surface area (Å²) in [5.41, 5.74) is 0.270. The molecule has 4 amide bonds. The van der Waals surface area contributed by atoms with E-state index in [1.165, 1.54) is 4.90 Å². The van der Waals surface area contributed by atoms with E-state index in [4.69, 9.17) is 16.3 Å². The van der Waals surface area contributed by atoms with Crippen molar-refractivity contribution in [3.8, 4) is 0 Å². The molecule has 36 heavy (non-hydrogen) atoms. The minimum Gasteiger partial charge on any atom is -0.444 e. The third-order valence-electron chi connectivity index (χ3n) is 6.53. The molecule has 2 aliphatic rings. The molecule has 1 aliphatic carbocycles. The van der Waals surface area contributed by atoms with E-state index in [-0.39, 0.29) is 35.4 Å². The number of nitrogens with one attached hydrogen (secondary N) is 1.